The van der Waals surface area contributed by atoms with Crippen molar-refractivity contribution in [3.63, 3.8) is 0 Å². The van der Waals surface area contributed by atoms with Gasteiger partial charge in [0.2, 0.25) is 5.88 Å². The molecular weight excluding hydrogens is 212 g/mol. The molecule has 2 heterocycles. The molecule has 1 fully saturated rings. The number of aliphatic hydroxyl groups excluding tert-OH is 1. The molecule has 1 aliphatic heterocycles. The second kappa shape index (κ2) is 4.81. The Morgan fingerprint density at radius 3 is 3.13 bits per heavy atom. The van der Waals surface area contributed by atoms with Gasteiger partial charge in [0.1, 0.15) is 0 Å². The Kier molecular flexibility index (Phi) is 3.43. The van der Waals surface area contributed by atoms with Crippen molar-refractivity contribution in [2.24, 2.45) is 5.92 Å². The molecule has 1 aliphatic rings. The lowest BCUT2D eigenvalue weighted by Crippen LogP contribution is -2.35. The largest absolute Gasteiger partial charge is 0.493 e. The molecule has 0 amide bonds. The first kappa shape index (κ1) is 10.7. The fourth-order valence-electron chi connectivity index (χ4n) is 2.06. The lowest BCUT2D eigenvalue weighted by molar-refractivity contribution is 0.244. The highest BCUT2D eigenvalue weighted by Gasteiger charge is 2.21. The summed E-state index contributed by atoms with van der Waals surface area (Å²) in [5.41, 5.74) is 0. The average Bonchev–Trinajstić information content (AvgIpc) is 2.66. The van der Waals surface area contributed by atoms with Crippen LogP contribution in [0.5, 0.6) is 5.88 Å². The Balaban J connectivity index is 1.98. The standard InChI is InChI=1S/C10H16N2O2S/c13-5-3-8-2-1-4-12(6-8)10-11-9(14)7-15-10/h7-8,13-14H,1-6H2. The van der Waals surface area contributed by atoms with Crippen LogP contribution >= 0.6 is 11.3 Å². The summed E-state index contributed by atoms with van der Waals surface area (Å²) in [4.78, 5) is 6.27. The van der Waals surface area contributed by atoms with Gasteiger partial charge in [-0.05, 0) is 25.2 Å². The second-order valence-corrected chi connectivity index (χ2v) is 4.79. The fourth-order valence-corrected chi connectivity index (χ4v) is 2.78. The van der Waals surface area contributed by atoms with Gasteiger partial charge in [0.15, 0.2) is 5.13 Å². The summed E-state index contributed by atoms with van der Waals surface area (Å²) in [5.74, 6) is 0.675. The minimum atomic E-state index is 0.110. The third-order valence-corrected chi connectivity index (χ3v) is 3.70. The molecule has 1 saturated heterocycles. The molecule has 4 nitrogen and oxygen atoms in total. The molecule has 0 spiro atoms. The van der Waals surface area contributed by atoms with Crippen LogP contribution in [0.15, 0.2) is 5.38 Å². The van der Waals surface area contributed by atoms with Crippen LogP contribution in [0.2, 0.25) is 0 Å². The summed E-state index contributed by atoms with van der Waals surface area (Å²) in [5, 5.41) is 20.6. The summed E-state index contributed by atoms with van der Waals surface area (Å²) in [6.45, 7) is 2.23. The van der Waals surface area contributed by atoms with Crippen LogP contribution in [-0.4, -0.2) is 34.9 Å². The minimum absolute atomic E-state index is 0.110. The number of aromatic hydroxyl groups is 1. The van der Waals surface area contributed by atoms with E-state index in [9.17, 15) is 5.11 Å². The summed E-state index contributed by atoms with van der Waals surface area (Å²) in [6.07, 6.45) is 3.20. The van der Waals surface area contributed by atoms with Crippen molar-refractivity contribution in [2.75, 3.05) is 24.6 Å². The van der Waals surface area contributed by atoms with Crippen LogP contribution in [0.1, 0.15) is 19.3 Å². The van der Waals surface area contributed by atoms with Gasteiger partial charge in [-0.2, -0.15) is 4.98 Å². The lowest BCUT2D eigenvalue weighted by Gasteiger charge is -2.32. The summed E-state index contributed by atoms with van der Waals surface area (Å²) >= 11 is 1.48. The monoisotopic (exact) mass is 228 g/mol. The molecule has 1 unspecified atom stereocenters. The van der Waals surface area contributed by atoms with E-state index in [1.807, 2.05) is 0 Å². The topological polar surface area (TPSA) is 56.6 Å². The van der Waals surface area contributed by atoms with Crippen molar-refractivity contribution in [1.29, 1.82) is 0 Å². The molecule has 1 aromatic rings. The van der Waals surface area contributed by atoms with E-state index in [1.54, 1.807) is 5.38 Å². The molecule has 0 aliphatic carbocycles. The Labute approximate surface area is 93.2 Å². The van der Waals surface area contributed by atoms with Crippen molar-refractivity contribution in [3.8, 4) is 5.88 Å². The van der Waals surface area contributed by atoms with E-state index < -0.39 is 0 Å². The summed E-state index contributed by atoms with van der Waals surface area (Å²) < 4.78 is 0. The first-order valence-electron chi connectivity index (χ1n) is 5.30. The first-order valence-corrected chi connectivity index (χ1v) is 6.18. The third-order valence-electron chi connectivity index (χ3n) is 2.81. The molecular formula is C10H16N2O2S. The van der Waals surface area contributed by atoms with Crippen LogP contribution < -0.4 is 4.90 Å². The van der Waals surface area contributed by atoms with Crippen LogP contribution in [0.3, 0.4) is 0 Å². The maximum Gasteiger partial charge on any atom is 0.223 e. The van der Waals surface area contributed by atoms with Gasteiger partial charge in [0.25, 0.3) is 0 Å². The van der Waals surface area contributed by atoms with Gasteiger partial charge in [0.05, 0.1) is 5.38 Å². The minimum Gasteiger partial charge on any atom is -0.493 e. The molecule has 0 bridgehead atoms. The molecule has 1 aromatic heterocycles. The van der Waals surface area contributed by atoms with E-state index in [0.717, 1.165) is 31.1 Å². The van der Waals surface area contributed by atoms with Crippen LogP contribution in [0.4, 0.5) is 5.13 Å². The molecule has 5 heteroatoms. The zero-order valence-electron chi connectivity index (χ0n) is 8.59. The lowest BCUT2D eigenvalue weighted by atomic mass is 9.95. The predicted octanol–water partition coefficient (Wildman–Crippen LogP) is 1.45. The number of nitrogens with zero attached hydrogens (tertiary/aromatic N) is 2. The van der Waals surface area contributed by atoms with E-state index in [2.05, 4.69) is 9.88 Å². The van der Waals surface area contributed by atoms with Crippen molar-refractivity contribution < 1.29 is 10.2 Å². The van der Waals surface area contributed by atoms with E-state index in [4.69, 9.17) is 5.11 Å². The Bertz CT molecular complexity index is 314. The smallest absolute Gasteiger partial charge is 0.223 e. The number of piperidine rings is 1. The first-order chi connectivity index (χ1) is 7.29. The number of aromatic nitrogens is 1. The number of hydrogen-bond donors (Lipinski definition) is 2. The predicted molar refractivity (Wildman–Crippen MR) is 60.4 cm³/mol. The second-order valence-electron chi connectivity index (χ2n) is 3.95. The van der Waals surface area contributed by atoms with Crippen LogP contribution in [0.25, 0.3) is 0 Å². The Morgan fingerprint density at radius 2 is 2.47 bits per heavy atom. The zero-order valence-corrected chi connectivity index (χ0v) is 9.41. The van der Waals surface area contributed by atoms with Crippen molar-refractivity contribution >= 4 is 16.5 Å². The van der Waals surface area contributed by atoms with Gasteiger partial charge in [-0.3, -0.25) is 0 Å². The van der Waals surface area contributed by atoms with Crippen LogP contribution in [0, 0.1) is 5.92 Å². The Hall–Kier alpha value is -0.810. The third kappa shape index (κ3) is 2.60. The molecule has 84 valence electrons. The van der Waals surface area contributed by atoms with E-state index >= 15 is 0 Å². The van der Waals surface area contributed by atoms with Gasteiger partial charge >= 0.3 is 0 Å². The highest BCUT2D eigenvalue weighted by molar-refractivity contribution is 7.13. The number of rotatable bonds is 3. The molecule has 1 atom stereocenters. The SMILES string of the molecule is OCCC1CCCN(c2nc(O)cs2)C1. The van der Waals surface area contributed by atoms with Gasteiger partial charge in [-0.25, -0.2) is 0 Å². The summed E-state index contributed by atoms with van der Waals surface area (Å²) in [6, 6.07) is 0. The number of hydrogen-bond acceptors (Lipinski definition) is 5. The van der Waals surface area contributed by atoms with Gasteiger partial charge in [-0.1, -0.05) is 0 Å². The molecule has 0 aromatic carbocycles. The number of thiazole rings is 1. The molecule has 0 radical (unpaired) electrons. The van der Waals surface area contributed by atoms with E-state index in [0.29, 0.717) is 5.92 Å². The molecule has 2 rings (SSSR count). The van der Waals surface area contributed by atoms with Gasteiger partial charge in [-0.15, -0.1) is 11.3 Å². The maximum atomic E-state index is 9.19. The zero-order chi connectivity index (χ0) is 10.7. The average molecular weight is 228 g/mol. The summed E-state index contributed by atoms with van der Waals surface area (Å²) in [7, 11) is 0. The molecule has 2 N–H and O–H groups in total. The quantitative estimate of drug-likeness (QED) is 0.822. The van der Waals surface area contributed by atoms with Crippen LogP contribution in [-0.2, 0) is 0 Å². The van der Waals surface area contributed by atoms with Crippen molar-refractivity contribution in [2.45, 2.75) is 19.3 Å². The fraction of sp³-hybridized carbons (Fsp3) is 0.700. The number of aliphatic hydroxyl groups is 1. The highest BCUT2D eigenvalue weighted by Crippen LogP contribution is 2.29. The highest BCUT2D eigenvalue weighted by atomic mass is 32.1. The normalized spacial score (nSPS) is 21.9. The van der Waals surface area contributed by atoms with Crippen molar-refractivity contribution in [1.82, 2.24) is 4.98 Å². The number of anilines is 1. The van der Waals surface area contributed by atoms with Crippen molar-refractivity contribution in [3.05, 3.63) is 5.38 Å². The maximum absolute atomic E-state index is 9.19. The molecule has 0 saturated carbocycles. The van der Waals surface area contributed by atoms with E-state index in [1.165, 1.54) is 17.8 Å². The molecule has 15 heavy (non-hydrogen) atoms. The van der Waals surface area contributed by atoms with E-state index in [-0.39, 0.29) is 12.5 Å². The van der Waals surface area contributed by atoms with Gasteiger partial charge in [0, 0.05) is 19.7 Å². The van der Waals surface area contributed by atoms with Gasteiger partial charge < -0.3 is 15.1 Å². The Morgan fingerprint density at radius 1 is 1.60 bits per heavy atom.